The summed E-state index contributed by atoms with van der Waals surface area (Å²) in [5.41, 5.74) is 0. The van der Waals surface area contributed by atoms with Crippen LogP contribution >= 0.6 is 7.82 Å². The highest BCUT2D eigenvalue weighted by molar-refractivity contribution is 7.47. The molecular formula is C30H61NO6P+. The molecule has 1 unspecified atom stereocenters. The summed E-state index contributed by atoms with van der Waals surface area (Å²) >= 11 is 0. The summed E-state index contributed by atoms with van der Waals surface area (Å²) in [7, 11) is 3.36. The van der Waals surface area contributed by atoms with Crippen LogP contribution in [0.5, 0.6) is 0 Å². The molecule has 0 fully saturated rings. The number of ether oxygens (including phenoxy) is 2. The number of phosphoric acid groups is 1. The molecule has 0 radical (unpaired) electrons. The Morgan fingerprint density at radius 2 is 1.24 bits per heavy atom. The van der Waals surface area contributed by atoms with Gasteiger partial charge in [-0.05, 0) is 57.8 Å². The number of phosphoric ester groups is 1. The van der Waals surface area contributed by atoms with Gasteiger partial charge in [0.05, 0.1) is 34.4 Å². The Hall–Kier alpha value is -0.530. The zero-order valence-corrected chi connectivity index (χ0v) is 26.3. The third kappa shape index (κ3) is 28.5. The van der Waals surface area contributed by atoms with Crippen molar-refractivity contribution >= 4 is 7.82 Å². The van der Waals surface area contributed by atoms with Crippen LogP contribution in [0.2, 0.25) is 0 Å². The van der Waals surface area contributed by atoms with E-state index in [-0.39, 0.29) is 19.8 Å². The van der Waals surface area contributed by atoms with Crippen molar-refractivity contribution in [1.29, 1.82) is 0 Å². The van der Waals surface area contributed by atoms with Gasteiger partial charge >= 0.3 is 7.82 Å². The normalized spacial score (nSPS) is 15.0. The maximum atomic E-state index is 12.2. The topological polar surface area (TPSA) is 74.2 Å². The highest BCUT2D eigenvalue weighted by atomic mass is 31.2. The molecule has 8 heteroatoms. The van der Waals surface area contributed by atoms with Crippen molar-refractivity contribution in [3.8, 4) is 0 Å². The number of likely N-dealkylation sites (N-methyl/N-ethyl adjacent to an activating group) is 1. The van der Waals surface area contributed by atoms with Crippen LogP contribution in [0, 0.1) is 0 Å². The van der Waals surface area contributed by atoms with Crippen molar-refractivity contribution in [2.75, 3.05) is 61.2 Å². The quantitative estimate of drug-likeness (QED) is 0.0453. The summed E-state index contributed by atoms with van der Waals surface area (Å²) in [6.45, 7) is 3.99. The lowest BCUT2D eigenvalue weighted by Gasteiger charge is -2.25. The molecule has 0 aromatic rings. The van der Waals surface area contributed by atoms with Crippen LogP contribution in [0.4, 0.5) is 0 Å². The van der Waals surface area contributed by atoms with Crippen LogP contribution in [-0.2, 0) is 23.1 Å². The zero-order chi connectivity index (χ0) is 28.4. The van der Waals surface area contributed by atoms with E-state index in [2.05, 4.69) is 31.2 Å². The van der Waals surface area contributed by atoms with E-state index in [4.69, 9.17) is 18.5 Å². The maximum absolute atomic E-state index is 12.2. The fourth-order valence-corrected chi connectivity index (χ4v) is 4.71. The lowest BCUT2D eigenvalue weighted by atomic mass is 10.1. The van der Waals surface area contributed by atoms with Crippen LogP contribution in [0.25, 0.3) is 0 Å². The molecule has 0 aliphatic rings. The molecule has 0 saturated heterocycles. The van der Waals surface area contributed by atoms with Gasteiger partial charge in [-0.25, -0.2) is 4.57 Å². The molecule has 0 spiro atoms. The van der Waals surface area contributed by atoms with Crippen LogP contribution in [0.15, 0.2) is 24.3 Å². The van der Waals surface area contributed by atoms with Crippen molar-refractivity contribution in [3.63, 3.8) is 0 Å². The van der Waals surface area contributed by atoms with Crippen molar-refractivity contribution in [2.24, 2.45) is 0 Å². The van der Waals surface area contributed by atoms with Gasteiger partial charge in [-0.3, -0.25) is 9.05 Å². The Kier molecular flexibility index (Phi) is 25.1. The van der Waals surface area contributed by atoms with E-state index < -0.39 is 13.9 Å². The lowest BCUT2D eigenvalue weighted by molar-refractivity contribution is -0.870. The highest BCUT2D eigenvalue weighted by Crippen LogP contribution is 2.44. The van der Waals surface area contributed by atoms with Crippen molar-refractivity contribution in [2.45, 2.75) is 109 Å². The van der Waals surface area contributed by atoms with Gasteiger partial charge in [-0.2, -0.15) is 0 Å². The largest absolute Gasteiger partial charge is 0.472 e. The van der Waals surface area contributed by atoms with Crippen LogP contribution in [0.1, 0.15) is 103 Å². The van der Waals surface area contributed by atoms with Gasteiger partial charge in [0.1, 0.15) is 19.3 Å². The molecule has 0 amide bonds. The van der Waals surface area contributed by atoms with E-state index in [1.807, 2.05) is 21.1 Å². The Morgan fingerprint density at radius 3 is 1.76 bits per heavy atom. The predicted octanol–water partition coefficient (Wildman–Crippen LogP) is 7.84. The Labute approximate surface area is 235 Å². The lowest BCUT2D eigenvalue weighted by Crippen LogP contribution is -2.37. The van der Waals surface area contributed by atoms with E-state index in [0.29, 0.717) is 17.6 Å². The molecule has 0 saturated carbocycles. The molecule has 7 nitrogen and oxygen atoms in total. The molecular weight excluding hydrogens is 501 g/mol. The first-order valence-corrected chi connectivity index (χ1v) is 16.5. The molecule has 1 N–H and O–H groups in total. The summed E-state index contributed by atoms with van der Waals surface area (Å²) in [5, 5.41) is 0. The standard InChI is InChI=1S/C30H60NO6P/c1-6-7-8-9-10-11-12-13-14-15-16-17-18-19-20-21-22-23-24-26-35-29-30(28-34-5)37-38(32,33)36-27-25-31(2,3)4/h10-11,16-17,30H,6-9,12-15,18-29H2,1-5H3/p+1/b11-10-,17-16-/t30-/m0/s1. The third-order valence-corrected chi connectivity index (χ3v) is 7.24. The second-order valence-electron chi connectivity index (χ2n) is 11.2. The second-order valence-corrected chi connectivity index (χ2v) is 12.6. The molecule has 2 atom stereocenters. The predicted molar refractivity (Wildman–Crippen MR) is 159 cm³/mol. The molecule has 226 valence electrons. The number of hydrogen-bond acceptors (Lipinski definition) is 5. The van der Waals surface area contributed by atoms with Gasteiger partial charge in [-0.1, -0.05) is 69.8 Å². The summed E-state index contributed by atoms with van der Waals surface area (Å²) in [6.07, 6.45) is 27.4. The van der Waals surface area contributed by atoms with E-state index in [0.717, 1.165) is 12.8 Å². The van der Waals surface area contributed by atoms with Gasteiger partial charge in [0.15, 0.2) is 0 Å². The Morgan fingerprint density at radius 1 is 0.737 bits per heavy atom. The zero-order valence-electron chi connectivity index (χ0n) is 25.4. The van der Waals surface area contributed by atoms with Gasteiger partial charge in [0, 0.05) is 13.7 Å². The highest BCUT2D eigenvalue weighted by Gasteiger charge is 2.27. The minimum atomic E-state index is -4.14. The fourth-order valence-electron chi connectivity index (χ4n) is 3.84. The average Bonchev–Trinajstić information content (AvgIpc) is 2.84. The molecule has 38 heavy (non-hydrogen) atoms. The first-order valence-electron chi connectivity index (χ1n) is 15.0. The Bertz CT molecular complexity index is 620. The second kappa shape index (κ2) is 25.4. The fraction of sp³-hybridized carbons (Fsp3) is 0.867. The molecule has 0 aliphatic carbocycles. The monoisotopic (exact) mass is 562 g/mol. The number of nitrogens with zero attached hydrogens (tertiary/aromatic N) is 1. The van der Waals surface area contributed by atoms with Gasteiger partial charge in [-0.15, -0.1) is 0 Å². The summed E-state index contributed by atoms with van der Waals surface area (Å²) in [6, 6.07) is 0. The van der Waals surface area contributed by atoms with Crippen molar-refractivity contribution in [1.82, 2.24) is 0 Å². The molecule has 0 aliphatic heterocycles. The summed E-state index contributed by atoms with van der Waals surface area (Å²) in [5.74, 6) is 0. The van der Waals surface area contributed by atoms with E-state index in [1.165, 1.54) is 90.6 Å². The number of allylic oxidation sites excluding steroid dienone is 4. The first kappa shape index (κ1) is 37.5. The van der Waals surface area contributed by atoms with Gasteiger partial charge in [0.2, 0.25) is 0 Å². The number of rotatable bonds is 28. The maximum Gasteiger partial charge on any atom is 0.472 e. The number of hydrogen-bond donors (Lipinski definition) is 1. The number of methoxy groups -OCH3 is 1. The van der Waals surface area contributed by atoms with Gasteiger partial charge < -0.3 is 18.9 Å². The average molecular weight is 563 g/mol. The van der Waals surface area contributed by atoms with Crippen molar-refractivity contribution < 1.29 is 32.5 Å². The van der Waals surface area contributed by atoms with Gasteiger partial charge in [0.25, 0.3) is 0 Å². The van der Waals surface area contributed by atoms with Crippen LogP contribution < -0.4 is 0 Å². The smallest absolute Gasteiger partial charge is 0.382 e. The van der Waals surface area contributed by atoms with E-state index >= 15 is 0 Å². The molecule has 0 aromatic heterocycles. The minimum absolute atomic E-state index is 0.144. The van der Waals surface area contributed by atoms with E-state index in [9.17, 15) is 9.46 Å². The summed E-state index contributed by atoms with van der Waals surface area (Å²) < 4.78 is 34.0. The Balaban J connectivity index is 3.63. The number of unbranched alkanes of at least 4 members (excludes halogenated alkanes) is 12. The summed E-state index contributed by atoms with van der Waals surface area (Å²) in [4.78, 5) is 9.97. The van der Waals surface area contributed by atoms with Crippen molar-refractivity contribution in [3.05, 3.63) is 24.3 Å². The van der Waals surface area contributed by atoms with Crippen LogP contribution in [0.3, 0.4) is 0 Å². The molecule has 0 aromatic carbocycles. The third-order valence-electron chi connectivity index (χ3n) is 6.16. The first-order chi connectivity index (χ1) is 18.2. The van der Waals surface area contributed by atoms with E-state index in [1.54, 1.807) is 0 Å². The molecule has 0 rings (SSSR count). The number of quaternary nitrogens is 1. The SMILES string of the molecule is CCCCC/C=C\CCCC/C=C\CCCCCCCCOC[C@H](COC)OP(=O)(O)OCC[N+](C)(C)C. The minimum Gasteiger partial charge on any atom is -0.382 e. The molecule has 0 heterocycles. The molecule has 0 bridgehead atoms. The van der Waals surface area contributed by atoms with Crippen LogP contribution in [-0.4, -0.2) is 76.7 Å².